The number of anilines is 3. The first-order valence-electron chi connectivity index (χ1n) is 14.4. The van der Waals surface area contributed by atoms with E-state index in [0.717, 1.165) is 72.3 Å². The monoisotopic (exact) mass is 556 g/mol. The van der Waals surface area contributed by atoms with Gasteiger partial charge >= 0.3 is 0 Å². The zero-order valence-corrected chi connectivity index (χ0v) is 23.6. The number of carbonyl (C=O) groups excluding carboxylic acids is 1. The van der Waals surface area contributed by atoms with Crippen molar-refractivity contribution in [2.24, 2.45) is 0 Å². The maximum atomic E-state index is 13.0. The molecule has 5 heteroatoms. The van der Waals surface area contributed by atoms with Crippen LogP contribution in [0.5, 0.6) is 0 Å². The van der Waals surface area contributed by atoms with Crippen LogP contribution in [0.4, 0.5) is 17.1 Å². The summed E-state index contributed by atoms with van der Waals surface area (Å²) in [5, 5.41) is 3.17. The fourth-order valence-corrected chi connectivity index (χ4v) is 6.30. The van der Waals surface area contributed by atoms with Gasteiger partial charge < -0.3 is 14.9 Å². The van der Waals surface area contributed by atoms with Crippen molar-refractivity contribution in [2.45, 2.75) is 6.92 Å². The topological polar surface area (TPSA) is 56.8 Å². The predicted molar refractivity (Wildman–Crippen MR) is 178 cm³/mol. The summed E-state index contributed by atoms with van der Waals surface area (Å²) < 4.78 is 1.76. The standard InChI is InChI=1S/C38H28N4O/c1-25(43)41-24-34(30-20-10-13-23-33(30)41)42(37-28-18-8-11-21-31(28)39-35(37)26-14-4-2-5-15-26)38-29-19-9-12-22-32(29)40-36(38)27-16-6-3-7-17-27/h2-24,39-40H,1H3. The van der Waals surface area contributed by atoms with E-state index in [0.29, 0.717) is 0 Å². The number of nitrogens with zero attached hydrogens (tertiary/aromatic N) is 2. The van der Waals surface area contributed by atoms with Crippen LogP contribution in [0.3, 0.4) is 0 Å². The summed E-state index contributed by atoms with van der Waals surface area (Å²) in [5.74, 6) is -0.0354. The van der Waals surface area contributed by atoms with Gasteiger partial charge in [-0.15, -0.1) is 0 Å². The molecule has 5 nitrogen and oxygen atoms in total. The average Bonchev–Trinajstić information content (AvgIpc) is 3.75. The summed E-state index contributed by atoms with van der Waals surface area (Å²) in [5.41, 5.74) is 10.1. The summed E-state index contributed by atoms with van der Waals surface area (Å²) in [4.78, 5) is 22.9. The molecule has 0 unspecified atom stereocenters. The van der Waals surface area contributed by atoms with Crippen LogP contribution in [0.25, 0.3) is 55.2 Å². The van der Waals surface area contributed by atoms with E-state index in [9.17, 15) is 4.79 Å². The molecule has 0 aliphatic heterocycles. The molecule has 8 rings (SSSR count). The minimum atomic E-state index is -0.0354. The highest BCUT2D eigenvalue weighted by molar-refractivity contribution is 6.16. The second-order valence-corrected chi connectivity index (χ2v) is 10.8. The zero-order valence-electron chi connectivity index (χ0n) is 23.6. The molecule has 2 N–H and O–H groups in total. The maximum absolute atomic E-state index is 13.0. The van der Waals surface area contributed by atoms with Crippen molar-refractivity contribution in [1.82, 2.24) is 14.5 Å². The molecule has 8 aromatic rings. The van der Waals surface area contributed by atoms with Gasteiger partial charge in [0.2, 0.25) is 5.91 Å². The Labute approximate surface area is 248 Å². The van der Waals surface area contributed by atoms with Crippen molar-refractivity contribution >= 4 is 55.7 Å². The quantitative estimate of drug-likeness (QED) is 0.222. The maximum Gasteiger partial charge on any atom is 0.228 e. The third kappa shape index (κ3) is 3.97. The van der Waals surface area contributed by atoms with Crippen LogP contribution < -0.4 is 4.90 Å². The third-order valence-electron chi connectivity index (χ3n) is 8.20. The van der Waals surface area contributed by atoms with Crippen molar-refractivity contribution < 1.29 is 4.79 Å². The second kappa shape index (κ2) is 9.93. The number of benzene rings is 5. The Morgan fingerprint density at radius 2 is 1.00 bits per heavy atom. The average molecular weight is 557 g/mol. The van der Waals surface area contributed by atoms with E-state index in [2.05, 4.69) is 118 Å². The number of para-hydroxylation sites is 3. The lowest BCUT2D eigenvalue weighted by molar-refractivity contribution is 0.0941. The first-order chi connectivity index (χ1) is 21.2. The SMILES string of the molecule is CC(=O)n1cc(N(c2c(-c3ccccc3)[nH]c3ccccc23)c2c(-c3ccccc3)[nH]c3ccccc23)c2ccccc21. The molecule has 5 aromatic carbocycles. The Morgan fingerprint density at radius 1 is 0.558 bits per heavy atom. The van der Waals surface area contributed by atoms with Gasteiger partial charge in [-0.3, -0.25) is 9.36 Å². The first-order valence-corrected chi connectivity index (χ1v) is 14.4. The van der Waals surface area contributed by atoms with Gasteiger partial charge in [-0.05, 0) is 18.2 Å². The molecule has 0 radical (unpaired) electrons. The van der Waals surface area contributed by atoms with Crippen molar-refractivity contribution in [3.05, 3.63) is 140 Å². The summed E-state index contributed by atoms with van der Waals surface area (Å²) in [6.45, 7) is 1.61. The minimum Gasteiger partial charge on any atom is -0.353 e. The highest BCUT2D eigenvalue weighted by atomic mass is 16.1. The molecule has 0 amide bonds. The number of carbonyl (C=O) groups is 1. The van der Waals surface area contributed by atoms with Gasteiger partial charge in [0.25, 0.3) is 0 Å². The Balaban J connectivity index is 1.57. The van der Waals surface area contributed by atoms with E-state index in [1.54, 1.807) is 11.5 Å². The van der Waals surface area contributed by atoms with E-state index in [1.165, 1.54) is 0 Å². The van der Waals surface area contributed by atoms with Crippen molar-refractivity contribution in [1.29, 1.82) is 0 Å². The van der Waals surface area contributed by atoms with Crippen LogP contribution in [0.2, 0.25) is 0 Å². The lowest BCUT2D eigenvalue weighted by Gasteiger charge is -2.27. The molecule has 0 fully saturated rings. The van der Waals surface area contributed by atoms with Crippen LogP contribution in [0.15, 0.2) is 140 Å². The molecule has 0 aliphatic rings. The van der Waals surface area contributed by atoms with Gasteiger partial charge in [-0.2, -0.15) is 0 Å². The molecule has 0 bridgehead atoms. The van der Waals surface area contributed by atoms with Gasteiger partial charge in [-0.1, -0.05) is 115 Å². The molecule has 0 spiro atoms. The highest BCUT2D eigenvalue weighted by Gasteiger charge is 2.30. The Morgan fingerprint density at radius 3 is 1.51 bits per heavy atom. The van der Waals surface area contributed by atoms with Crippen molar-refractivity contribution in [2.75, 3.05) is 4.90 Å². The van der Waals surface area contributed by atoms with Gasteiger partial charge in [0.05, 0.1) is 34.0 Å². The molecule has 206 valence electrons. The third-order valence-corrected chi connectivity index (χ3v) is 8.20. The largest absolute Gasteiger partial charge is 0.353 e. The smallest absolute Gasteiger partial charge is 0.228 e. The number of hydrogen-bond donors (Lipinski definition) is 2. The number of H-pyrrole nitrogens is 2. The van der Waals surface area contributed by atoms with Crippen LogP contribution in [0, 0.1) is 0 Å². The van der Waals surface area contributed by atoms with Gasteiger partial charge in [0, 0.05) is 51.4 Å². The predicted octanol–water partition coefficient (Wildman–Crippen LogP) is 10.1. The minimum absolute atomic E-state index is 0.0354. The molecule has 0 aliphatic carbocycles. The van der Waals surface area contributed by atoms with Crippen LogP contribution in [-0.4, -0.2) is 20.4 Å². The number of aromatic amines is 2. The first kappa shape index (κ1) is 24.9. The number of hydrogen-bond acceptors (Lipinski definition) is 2. The summed E-state index contributed by atoms with van der Waals surface area (Å²) in [6.07, 6.45) is 1.99. The van der Waals surface area contributed by atoms with Gasteiger partial charge in [0.15, 0.2) is 0 Å². The van der Waals surface area contributed by atoms with Gasteiger partial charge in [0.1, 0.15) is 0 Å². The van der Waals surface area contributed by atoms with Crippen LogP contribution in [0.1, 0.15) is 11.7 Å². The Kier molecular flexibility index (Phi) is 5.76. The molecule has 0 saturated carbocycles. The molecular weight excluding hydrogens is 528 g/mol. The molecule has 43 heavy (non-hydrogen) atoms. The van der Waals surface area contributed by atoms with E-state index in [4.69, 9.17) is 0 Å². The second-order valence-electron chi connectivity index (χ2n) is 10.8. The van der Waals surface area contributed by atoms with Crippen molar-refractivity contribution in [3.63, 3.8) is 0 Å². The van der Waals surface area contributed by atoms with E-state index >= 15 is 0 Å². The lowest BCUT2D eigenvalue weighted by atomic mass is 10.0. The Bertz CT molecular complexity index is 2150. The molecule has 0 saturated heterocycles. The molecule has 3 heterocycles. The fourth-order valence-electron chi connectivity index (χ4n) is 6.30. The normalized spacial score (nSPS) is 11.5. The summed E-state index contributed by atoms with van der Waals surface area (Å²) >= 11 is 0. The van der Waals surface area contributed by atoms with Crippen LogP contribution >= 0.6 is 0 Å². The zero-order chi connectivity index (χ0) is 28.9. The lowest BCUT2D eigenvalue weighted by Crippen LogP contribution is -2.12. The summed E-state index contributed by atoms with van der Waals surface area (Å²) in [6, 6.07) is 45.9. The Hall–Kier alpha value is -5.81. The number of rotatable bonds is 5. The van der Waals surface area contributed by atoms with E-state index in [-0.39, 0.29) is 5.91 Å². The highest BCUT2D eigenvalue weighted by Crippen LogP contribution is 2.52. The van der Waals surface area contributed by atoms with Crippen molar-refractivity contribution in [3.8, 4) is 22.5 Å². The summed E-state index contributed by atoms with van der Waals surface area (Å²) in [7, 11) is 0. The van der Waals surface area contributed by atoms with E-state index in [1.807, 2.05) is 36.5 Å². The van der Waals surface area contributed by atoms with E-state index < -0.39 is 0 Å². The number of nitrogens with one attached hydrogen (secondary N) is 2. The molecule has 3 aromatic heterocycles. The number of fused-ring (bicyclic) bond motifs is 3. The van der Waals surface area contributed by atoms with Gasteiger partial charge in [-0.25, -0.2) is 0 Å². The fraction of sp³-hybridized carbons (Fsp3) is 0.0263. The molecule has 0 atom stereocenters. The number of aromatic nitrogens is 3. The molecular formula is C38H28N4O. The van der Waals surface area contributed by atoms with Crippen LogP contribution in [-0.2, 0) is 0 Å².